The van der Waals surface area contributed by atoms with E-state index in [-0.39, 0.29) is 51.0 Å². The van der Waals surface area contributed by atoms with Crippen LogP contribution < -0.4 is 0 Å². The number of epoxide rings is 1. The maximum absolute atomic E-state index is 12.9. The maximum Gasteiger partial charge on any atom is 0.138 e. The lowest BCUT2D eigenvalue weighted by Gasteiger charge is -2.68. The monoisotopic (exact) mass is 470 g/mol. The highest BCUT2D eigenvalue weighted by Crippen LogP contribution is 2.75. The van der Waals surface area contributed by atoms with Gasteiger partial charge in [-0.3, -0.25) is 4.79 Å². The number of rotatable bonds is 1. The zero-order valence-corrected chi connectivity index (χ0v) is 22.7. The van der Waals surface area contributed by atoms with Crippen molar-refractivity contribution in [3.05, 3.63) is 11.6 Å². The molecule has 1 spiro atoms. The van der Waals surface area contributed by atoms with Crippen molar-refractivity contribution in [3.63, 3.8) is 0 Å². The van der Waals surface area contributed by atoms with Crippen LogP contribution >= 0.6 is 0 Å². The SMILES string of the molecule is C[C@@H]1C[C@@H]([C@H]2OC2(C)C)O[C@]12CC[C@@]1(C)C2=C[C@H](O)[C@H]2[C@@]3(C)CCC(=O)C(C)(C)C3CC[C@@]21C. The molecule has 10 atom stereocenters. The molecule has 2 aliphatic heterocycles. The third-order valence-corrected chi connectivity index (χ3v) is 12.8. The van der Waals surface area contributed by atoms with Crippen LogP contribution in [0.3, 0.4) is 0 Å². The molecule has 3 saturated carbocycles. The molecule has 0 bridgehead atoms. The molecule has 1 N–H and O–H groups in total. The summed E-state index contributed by atoms with van der Waals surface area (Å²) in [5.74, 6) is 1.35. The van der Waals surface area contributed by atoms with Gasteiger partial charge in [0, 0.05) is 17.8 Å². The number of aliphatic hydroxyl groups excluding tert-OH is 1. The summed E-state index contributed by atoms with van der Waals surface area (Å²) in [5.41, 5.74) is 0.721. The van der Waals surface area contributed by atoms with Crippen molar-refractivity contribution in [1.82, 2.24) is 0 Å². The summed E-state index contributed by atoms with van der Waals surface area (Å²) in [7, 11) is 0. The third-order valence-electron chi connectivity index (χ3n) is 12.8. The highest BCUT2D eigenvalue weighted by atomic mass is 16.6. The highest BCUT2D eigenvalue weighted by Gasteiger charge is 2.73. The van der Waals surface area contributed by atoms with Gasteiger partial charge in [-0.25, -0.2) is 0 Å². The first-order chi connectivity index (χ1) is 15.6. The minimum atomic E-state index is -0.483. The Hall–Kier alpha value is -0.710. The van der Waals surface area contributed by atoms with E-state index < -0.39 is 6.10 Å². The molecule has 6 aliphatic rings. The second-order valence-corrected chi connectivity index (χ2v) is 14.9. The fourth-order valence-electron chi connectivity index (χ4n) is 10.6. The van der Waals surface area contributed by atoms with E-state index in [9.17, 15) is 9.90 Å². The number of ketones is 1. The van der Waals surface area contributed by atoms with Gasteiger partial charge in [0.05, 0.1) is 23.4 Å². The first-order valence-corrected chi connectivity index (χ1v) is 13.9. The molecule has 190 valence electrons. The molecular formula is C30H46O4. The van der Waals surface area contributed by atoms with Crippen LogP contribution in [0.2, 0.25) is 0 Å². The van der Waals surface area contributed by atoms with Gasteiger partial charge in [0.25, 0.3) is 0 Å². The molecule has 2 heterocycles. The summed E-state index contributed by atoms with van der Waals surface area (Å²) in [4.78, 5) is 12.9. The normalized spacial score (nSPS) is 57.1. The Balaban J connectivity index is 1.41. The Kier molecular flexibility index (Phi) is 4.58. The molecule has 1 unspecified atom stereocenters. The van der Waals surface area contributed by atoms with Gasteiger partial charge in [-0.1, -0.05) is 47.6 Å². The van der Waals surface area contributed by atoms with Gasteiger partial charge < -0.3 is 14.6 Å². The minimum Gasteiger partial charge on any atom is -0.389 e. The summed E-state index contributed by atoms with van der Waals surface area (Å²) in [6.07, 6.45) is 9.00. The van der Waals surface area contributed by atoms with Crippen molar-refractivity contribution in [2.24, 2.45) is 39.4 Å². The molecule has 0 radical (unpaired) electrons. The number of ether oxygens (including phenoxy) is 2. The zero-order chi connectivity index (χ0) is 24.7. The van der Waals surface area contributed by atoms with E-state index in [2.05, 4.69) is 61.5 Å². The molecule has 0 aromatic rings. The number of aliphatic hydroxyl groups is 1. The molecule has 5 fully saturated rings. The predicted molar refractivity (Wildman–Crippen MR) is 132 cm³/mol. The van der Waals surface area contributed by atoms with E-state index in [0.29, 0.717) is 24.0 Å². The number of carbonyl (C=O) groups excluding carboxylic acids is 1. The van der Waals surface area contributed by atoms with Crippen molar-refractivity contribution >= 4 is 5.78 Å². The van der Waals surface area contributed by atoms with Crippen molar-refractivity contribution in [3.8, 4) is 0 Å². The lowest BCUT2D eigenvalue weighted by atomic mass is 9.36. The standard InChI is InChI=1S/C30H46O4/c1-17-15-19(24-26(4,5)34-24)33-30(17)14-13-28(7)21(30)16-18(31)23-27(6)11-10-22(32)25(2,3)20(27)9-12-29(23,28)8/h16-20,23-24,31H,9-15H2,1-8H3/t17-,18+,19+,20?,23+,24-,27+,28+,29+,30-/m1/s1. The zero-order valence-electron chi connectivity index (χ0n) is 22.7. The van der Waals surface area contributed by atoms with Crippen LogP contribution in [0.15, 0.2) is 11.6 Å². The van der Waals surface area contributed by atoms with E-state index in [1.165, 1.54) is 5.57 Å². The van der Waals surface area contributed by atoms with Crippen LogP contribution in [0.25, 0.3) is 0 Å². The maximum atomic E-state index is 12.9. The Morgan fingerprint density at radius 2 is 1.65 bits per heavy atom. The van der Waals surface area contributed by atoms with Crippen LogP contribution in [0.1, 0.15) is 100 Å². The van der Waals surface area contributed by atoms with Gasteiger partial charge in [-0.05, 0) is 86.0 Å². The summed E-state index contributed by atoms with van der Waals surface area (Å²) < 4.78 is 13.0. The average Bonchev–Trinajstić information content (AvgIpc) is 3.09. The predicted octanol–water partition coefficient (Wildman–Crippen LogP) is 5.86. The van der Waals surface area contributed by atoms with E-state index in [1.54, 1.807) is 0 Å². The van der Waals surface area contributed by atoms with Crippen LogP contribution in [0.4, 0.5) is 0 Å². The first kappa shape index (κ1) is 23.7. The van der Waals surface area contributed by atoms with E-state index in [1.807, 2.05) is 0 Å². The van der Waals surface area contributed by atoms with Crippen molar-refractivity contribution < 1.29 is 19.4 Å². The van der Waals surface area contributed by atoms with Gasteiger partial charge in [-0.2, -0.15) is 0 Å². The fraction of sp³-hybridized carbons (Fsp3) is 0.900. The summed E-state index contributed by atoms with van der Waals surface area (Å²) in [6.45, 7) is 18.4. The van der Waals surface area contributed by atoms with E-state index in [0.717, 1.165) is 38.5 Å². The Morgan fingerprint density at radius 3 is 2.29 bits per heavy atom. The molecule has 2 saturated heterocycles. The van der Waals surface area contributed by atoms with Gasteiger partial charge in [0.1, 0.15) is 11.9 Å². The Bertz CT molecular complexity index is 965. The highest BCUT2D eigenvalue weighted by molar-refractivity contribution is 5.85. The summed E-state index contributed by atoms with van der Waals surface area (Å²) in [5, 5.41) is 11.9. The largest absolute Gasteiger partial charge is 0.389 e. The molecular weight excluding hydrogens is 424 g/mol. The molecule has 0 aromatic heterocycles. The quantitative estimate of drug-likeness (QED) is 0.385. The molecule has 4 nitrogen and oxygen atoms in total. The molecule has 34 heavy (non-hydrogen) atoms. The summed E-state index contributed by atoms with van der Waals surface area (Å²) >= 11 is 0. The molecule has 4 heteroatoms. The van der Waals surface area contributed by atoms with Crippen molar-refractivity contribution in [2.75, 3.05) is 0 Å². The van der Waals surface area contributed by atoms with E-state index in [4.69, 9.17) is 9.47 Å². The average molecular weight is 471 g/mol. The Labute approximate surface area is 206 Å². The lowest BCUT2D eigenvalue weighted by molar-refractivity contribution is -0.196. The van der Waals surface area contributed by atoms with E-state index >= 15 is 0 Å². The fourth-order valence-corrected chi connectivity index (χ4v) is 10.6. The second-order valence-electron chi connectivity index (χ2n) is 14.9. The van der Waals surface area contributed by atoms with Gasteiger partial charge in [-0.15, -0.1) is 0 Å². The lowest BCUT2D eigenvalue weighted by Crippen LogP contribution is -2.65. The number of carbonyl (C=O) groups is 1. The molecule has 6 rings (SSSR count). The molecule has 0 amide bonds. The van der Waals surface area contributed by atoms with Crippen molar-refractivity contribution in [2.45, 2.75) is 130 Å². The smallest absolute Gasteiger partial charge is 0.138 e. The number of hydrogen-bond donors (Lipinski definition) is 1. The van der Waals surface area contributed by atoms with Crippen molar-refractivity contribution in [1.29, 1.82) is 0 Å². The number of Topliss-reactive ketones (excluding diaryl/α,β-unsaturated/α-hetero) is 1. The number of hydrogen-bond acceptors (Lipinski definition) is 4. The third kappa shape index (κ3) is 2.59. The van der Waals surface area contributed by atoms with Crippen LogP contribution in [0.5, 0.6) is 0 Å². The summed E-state index contributed by atoms with van der Waals surface area (Å²) in [6, 6.07) is 0. The minimum absolute atomic E-state index is 0.00175. The second kappa shape index (κ2) is 6.58. The van der Waals surface area contributed by atoms with Gasteiger partial charge in [0.15, 0.2) is 0 Å². The molecule has 4 aliphatic carbocycles. The van der Waals surface area contributed by atoms with Gasteiger partial charge in [0.2, 0.25) is 0 Å². The number of fused-ring (bicyclic) bond motifs is 6. The topological polar surface area (TPSA) is 59.1 Å². The van der Waals surface area contributed by atoms with Crippen LogP contribution in [0, 0.1) is 39.4 Å². The van der Waals surface area contributed by atoms with Gasteiger partial charge >= 0.3 is 0 Å². The first-order valence-electron chi connectivity index (χ1n) is 13.9. The molecule has 0 aromatic carbocycles. The van der Waals surface area contributed by atoms with Crippen LogP contribution in [-0.2, 0) is 14.3 Å². The Morgan fingerprint density at radius 1 is 0.971 bits per heavy atom. The van der Waals surface area contributed by atoms with Crippen LogP contribution in [-0.4, -0.2) is 40.4 Å².